The van der Waals surface area contributed by atoms with Crippen LogP contribution in [0.1, 0.15) is 18.1 Å². The van der Waals surface area contributed by atoms with Crippen molar-refractivity contribution in [2.75, 3.05) is 6.54 Å². The van der Waals surface area contributed by atoms with Gasteiger partial charge in [0.2, 0.25) is 5.91 Å². The SMILES string of the molecule is C=C(C)CNC(=O)/C=C/c1ccc(C)cc1. The molecular weight excluding hydrogens is 198 g/mol. The lowest BCUT2D eigenvalue weighted by Crippen LogP contribution is -2.22. The van der Waals surface area contributed by atoms with Crippen molar-refractivity contribution in [3.8, 4) is 0 Å². The maximum atomic E-state index is 11.3. The minimum Gasteiger partial charge on any atom is -0.349 e. The summed E-state index contributed by atoms with van der Waals surface area (Å²) in [4.78, 5) is 11.3. The zero-order valence-electron chi connectivity index (χ0n) is 9.79. The fourth-order valence-corrected chi connectivity index (χ4v) is 1.15. The largest absolute Gasteiger partial charge is 0.349 e. The number of carbonyl (C=O) groups is 1. The molecule has 2 heteroatoms. The highest BCUT2D eigenvalue weighted by atomic mass is 16.1. The summed E-state index contributed by atoms with van der Waals surface area (Å²) < 4.78 is 0. The lowest BCUT2D eigenvalue weighted by molar-refractivity contribution is -0.116. The van der Waals surface area contributed by atoms with Gasteiger partial charge < -0.3 is 5.32 Å². The summed E-state index contributed by atoms with van der Waals surface area (Å²) >= 11 is 0. The maximum Gasteiger partial charge on any atom is 0.244 e. The van der Waals surface area contributed by atoms with E-state index in [4.69, 9.17) is 0 Å². The number of amides is 1. The quantitative estimate of drug-likeness (QED) is 0.607. The molecule has 0 heterocycles. The predicted octanol–water partition coefficient (Wildman–Crippen LogP) is 2.70. The minimum atomic E-state index is -0.0939. The molecule has 0 saturated heterocycles. The van der Waals surface area contributed by atoms with E-state index >= 15 is 0 Å². The van der Waals surface area contributed by atoms with Crippen molar-refractivity contribution in [3.05, 3.63) is 53.6 Å². The third-order valence-corrected chi connectivity index (χ3v) is 2.07. The first kappa shape index (κ1) is 12.2. The van der Waals surface area contributed by atoms with E-state index < -0.39 is 0 Å². The van der Waals surface area contributed by atoms with Crippen LogP contribution in [-0.2, 0) is 4.79 Å². The molecule has 0 aliphatic carbocycles. The van der Waals surface area contributed by atoms with Gasteiger partial charge in [-0.15, -0.1) is 0 Å². The van der Waals surface area contributed by atoms with Crippen molar-refractivity contribution in [3.63, 3.8) is 0 Å². The van der Waals surface area contributed by atoms with E-state index in [-0.39, 0.29) is 5.91 Å². The van der Waals surface area contributed by atoms with Gasteiger partial charge in [0.05, 0.1) is 0 Å². The Bertz CT molecular complexity index is 401. The van der Waals surface area contributed by atoms with Crippen LogP contribution in [0.5, 0.6) is 0 Å². The van der Waals surface area contributed by atoms with Gasteiger partial charge in [0, 0.05) is 12.6 Å². The molecule has 1 rings (SSSR count). The second-order valence-electron chi connectivity index (χ2n) is 3.92. The highest BCUT2D eigenvalue weighted by molar-refractivity contribution is 5.91. The van der Waals surface area contributed by atoms with Gasteiger partial charge in [-0.25, -0.2) is 0 Å². The van der Waals surface area contributed by atoms with Crippen molar-refractivity contribution in [1.82, 2.24) is 5.32 Å². The molecule has 0 bridgehead atoms. The Kier molecular flexibility index (Phi) is 4.52. The van der Waals surface area contributed by atoms with Gasteiger partial charge in [-0.2, -0.15) is 0 Å². The molecule has 84 valence electrons. The van der Waals surface area contributed by atoms with Crippen LogP contribution in [0.25, 0.3) is 6.08 Å². The molecule has 1 N–H and O–H groups in total. The monoisotopic (exact) mass is 215 g/mol. The Labute approximate surface area is 96.7 Å². The van der Waals surface area contributed by atoms with Crippen LogP contribution >= 0.6 is 0 Å². The van der Waals surface area contributed by atoms with Gasteiger partial charge in [-0.3, -0.25) is 4.79 Å². The molecule has 1 aromatic carbocycles. The van der Waals surface area contributed by atoms with Crippen LogP contribution in [0.2, 0.25) is 0 Å². The van der Waals surface area contributed by atoms with E-state index in [9.17, 15) is 4.79 Å². The van der Waals surface area contributed by atoms with E-state index in [0.717, 1.165) is 11.1 Å². The average molecular weight is 215 g/mol. The molecule has 0 atom stereocenters. The first-order valence-corrected chi connectivity index (χ1v) is 5.25. The molecule has 0 fully saturated rings. The molecule has 16 heavy (non-hydrogen) atoms. The molecule has 0 radical (unpaired) electrons. The molecule has 1 aromatic rings. The molecule has 2 nitrogen and oxygen atoms in total. The average Bonchev–Trinajstić information content (AvgIpc) is 2.25. The smallest absolute Gasteiger partial charge is 0.244 e. The summed E-state index contributed by atoms with van der Waals surface area (Å²) in [6, 6.07) is 8.01. The van der Waals surface area contributed by atoms with Crippen LogP contribution in [0.15, 0.2) is 42.5 Å². The van der Waals surface area contributed by atoms with Crippen LogP contribution < -0.4 is 5.32 Å². The van der Waals surface area contributed by atoms with Crippen LogP contribution in [0.3, 0.4) is 0 Å². The molecule has 0 aliphatic rings. The van der Waals surface area contributed by atoms with Crippen LogP contribution in [-0.4, -0.2) is 12.5 Å². The first-order valence-electron chi connectivity index (χ1n) is 5.25. The highest BCUT2D eigenvalue weighted by Gasteiger charge is 1.94. The molecule has 0 unspecified atom stereocenters. The van der Waals surface area contributed by atoms with E-state index in [1.54, 1.807) is 6.08 Å². The summed E-state index contributed by atoms with van der Waals surface area (Å²) in [5.74, 6) is -0.0939. The number of rotatable bonds is 4. The van der Waals surface area contributed by atoms with Crippen molar-refractivity contribution >= 4 is 12.0 Å². The van der Waals surface area contributed by atoms with Gasteiger partial charge in [0.1, 0.15) is 0 Å². The molecule has 0 aromatic heterocycles. The Morgan fingerprint density at radius 3 is 2.56 bits per heavy atom. The maximum absolute atomic E-state index is 11.3. The number of hydrogen-bond donors (Lipinski definition) is 1. The Balaban J connectivity index is 2.50. The number of hydrogen-bond acceptors (Lipinski definition) is 1. The molecule has 0 spiro atoms. The second kappa shape index (κ2) is 5.91. The standard InChI is InChI=1S/C14H17NO/c1-11(2)10-15-14(16)9-8-13-6-4-12(3)5-7-13/h4-9H,1,10H2,2-3H3,(H,15,16)/b9-8+. The topological polar surface area (TPSA) is 29.1 Å². The van der Waals surface area contributed by atoms with Gasteiger partial charge in [-0.05, 0) is 25.5 Å². The van der Waals surface area contributed by atoms with Crippen molar-refractivity contribution < 1.29 is 4.79 Å². The minimum absolute atomic E-state index is 0.0939. The van der Waals surface area contributed by atoms with Crippen LogP contribution in [0.4, 0.5) is 0 Å². The fraction of sp³-hybridized carbons (Fsp3) is 0.214. The van der Waals surface area contributed by atoms with Crippen molar-refractivity contribution in [2.45, 2.75) is 13.8 Å². The van der Waals surface area contributed by atoms with Crippen molar-refractivity contribution in [2.24, 2.45) is 0 Å². The lowest BCUT2D eigenvalue weighted by atomic mass is 10.1. The number of carbonyl (C=O) groups excluding carboxylic acids is 1. The Morgan fingerprint density at radius 2 is 2.00 bits per heavy atom. The third-order valence-electron chi connectivity index (χ3n) is 2.07. The predicted molar refractivity (Wildman–Crippen MR) is 68.0 cm³/mol. The van der Waals surface area contributed by atoms with E-state index in [0.29, 0.717) is 6.54 Å². The molecule has 0 saturated carbocycles. The normalized spacial score (nSPS) is 10.4. The molecular formula is C14H17NO. The highest BCUT2D eigenvalue weighted by Crippen LogP contribution is 2.04. The Morgan fingerprint density at radius 1 is 1.38 bits per heavy atom. The fourth-order valence-electron chi connectivity index (χ4n) is 1.15. The first-order chi connectivity index (χ1) is 7.58. The van der Waals surface area contributed by atoms with Crippen molar-refractivity contribution in [1.29, 1.82) is 0 Å². The zero-order chi connectivity index (χ0) is 12.0. The lowest BCUT2D eigenvalue weighted by Gasteiger charge is -2.00. The summed E-state index contributed by atoms with van der Waals surface area (Å²) in [6.45, 7) is 8.15. The van der Waals surface area contributed by atoms with E-state index in [1.165, 1.54) is 11.6 Å². The number of aryl methyl sites for hydroxylation is 1. The van der Waals surface area contributed by atoms with Gasteiger partial charge >= 0.3 is 0 Å². The van der Waals surface area contributed by atoms with Crippen LogP contribution in [0, 0.1) is 6.92 Å². The summed E-state index contributed by atoms with van der Waals surface area (Å²) in [6.07, 6.45) is 3.33. The number of benzene rings is 1. The van der Waals surface area contributed by atoms with Gasteiger partial charge in [0.15, 0.2) is 0 Å². The zero-order valence-corrected chi connectivity index (χ0v) is 9.79. The molecule has 1 amide bonds. The van der Waals surface area contributed by atoms with Gasteiger partial charge in [-0.1, -0.05) is 42.0 Å². The third kappa shape index (κ3) is 4.60. The second-order valence-corrected chi connectivity index (χ2v) is 3.92. The summed E-state index contributed by atoms with van der Waals surface area (Å²) in [5, 5.41) is 2.74. The Hall–Kier alpha value is -1.83. The van der Waals surface area contributed by atoms with E-state index in [2.05, 4.69) is 11.9 Å². The van der Waals surface area contributed by atoms with Gasteiger partial charge in [0.25, 0.3) is 0 Å². The summed E-state index contributed by atoms with van der Waals surface area (Å²) in [5.41, 5.74) is 3.18. The summed E-state index contributed by atoms with van der Waals surface area (Å²) in [7, 11) is 0. The van der Waals surface area contributed by atoms with E-state index in [1.807, 2.05) is 38.1 Å². The molecule has 0 aliphatic heterocycles. The number of nitrogens with one attached hydrogen (secondary N) is 1.